The van der Waals surface area contributed by atoms with Gasteiger partial charge in [-0.1, -0.05) is 71.9 Å². The van der Waals surface area contributed by atoms with Crippen LogP contribution in [-0.4, -0.2) is 36.4 Å². The molecule has 0 aromatic carbocycles. The lowest BCUT2D eigenvalue weighted by molar-refractivity contribution is -0.110. The molecule has 0 aliphatic carbocycles. The van der Waals surface area contributed by atoms with Crippen molar-refractivity contribution in [2.24, 2.45) is 11.5 Å². The monoisotopic (exact) mass is 468 g/mol. The molecule has 8 heteroatoms. The first-order chi connectivity index (χ1) is 10.3. The molecule has 2 amide bonds. The SMILES string of the molecule is C.C.C.C.C.C.C=CNC=O.CCC(C)N.CCC(C)N.CCC(C)NC=O.Cl.[H+].[OH-]. The quantitative estimate of drug-likeness (QED) is 0.335. The molecule has 0 rings (SSSR count). The van der Waals surface area contributed by atoms with Gasteiger partial charge < -0.3 is 27.6 Å². The number of carbonyl (C=O) groups excluding carboxylic acids is 2. The Bertz CT molecular complexity index is 227. The van der Waals surface area contributed by atoms with Gasteiger partial charge in [0.15, 0.2) is 0 Å². The summed E-state index contributed by atoms with van der Waals surface area (Å²) in [5, 5.41) is 4.81. The molecule has 0 aromatic heterocycles. The van der Waals surface area contributed by atoms with Crippen LogP contribution in [0.2, 0.25) is 0 Å². The van der Waals surface area contributed by atoms with Crippen molar-refractivity contribution in [2.75, 3.05) is 0 Å². The molecule has 7 N–H and O–H groups in total. The van der Waals surface area contributed by atoms with E-state index in [1.807, 2.05) is 27.7 Å². The maximum Gasteiger partial charge on any atom is 1.00 e. The molecule has 0 aliphatic rings. The highest BCUT2D eigenvalue weighted by Crippen LogP contribution is 1.82. The smallest absolute Gasteiger partial charge is 0.870 e. The molecule has 0 heterocycles. The molecule has 0 saturated carbocycles. The molecule has 7 nitrogen and oxygen atoms in total. The van der Waals surface area contributed by atoms with Gasteiger partial charge >= 0.3 is 1.43 Å². The van der Waals surface area contributed by atoms with E-state index < -0.39 is 0 Å². The van der Waals surface area contributed by atoms with Gasteiger partial charge in [0.25, 0.3) is 0 Å². The molecule has 0 saturated heterocycles. The van der Waals surface area contributed by atoms with E-state index in [2.05, 4.69) is 31.1 Å². The summed E-state index contributed by atoms with van der Waals surface area (Å²) in [7, 11) is 0. The fraction of sp³-hybridized carbons (Fsp3) is 0.818. The second kappa shape index (κ2) is 79.9. The summed E-state index contributed by atoms with van der Waals surface area (Å²) < 4.78 is 0. The van der Waals surface area contributed by atoms with E-state index >= 15 is 0 Å². The van der Waals surface area contributed by atoms with Crippen molar-refractivity contribution in [1.82, 2.24) is 10.6 Å². The van der Waals surface area contributed by atoms with Crippen LogP contribution in [0, 0.1) is 0 Å². The Morgan fingerprint density at radius 1 is 0.800 bits per heavy atom. The zero-order chi connectivity index (χ0) is 18.4. The standard InChI is InChI=1S/C5H11NO.2C4H11N.C3H5NO.6CH4.ClH.H2O/c1-3-5(2)6-4-7;2*1-3-4(2)5;1-2-4-3-5;;;;;;;;/h4-5H,3H2,1-2H3,(H,6,7);2*4H,3,5H2,1-2H3;2-3H,1H2,(H,4,5);6*1H4;1H;1H2. The van der Waals surface area contributed by atoms with Crippen molar-refractivity contribution in [3.8, 4) is 0 Å². The van der Waals surface area contributed by atoms with E-state index in [0.29, 0.717) is 24.5 Å². The van der Waals surface area contributed by atoms with Gasteiger partial charge in [-0.15, -0.1) is 12.4 Å². The number of nitrogens with two attached hydrogens (primary N) is 2. The minimum Gasteiger partial charge on any atom is -0.870 e. The van der Waals surface area contributed by atoms with E-state index in [1.54, 1.807) is 0 Å². The molecule has 0 spiro atoms. The van der Waals surface area contributed by atoms with Gasteiger partial charge in [-0.3, -0.25) is 9.59 Å². The van der Waals surface area contributed by atoms with Crippen molar-refractivity contribution >= 4 is 25.2 Å². The Balaban J connectivity index is -0.0000000116. The summed E-state index contributed by atoms with van der Waals surface area (Å²) in [5.74, 6) is 0. The first-order valence-corrected chi connectivity index (χ1v) is 7.78. The van der Waals surface area contributed by atoms with E-state index in [-0.39, 0.29) is 63.9 Å². The van der Waals surface area contributed by atoms with Crippen LogP contribution in [0.15, 0.2) is 12.8 Å². The molecule has 0 radical (unpaired) electrons. The highest BCUT2D eigenvalue weighted by atomic mass is 35.5. The van der Waals surface area contributed by atoms with Crippen LogP contribution in [-0.2, 0) is 9.59 Å². The van der Waals surface area contributed by atoms with Gasteiger partial charge in [-0.05, 0) is 46.2 Å². The number of hydrogen-bond donors (Lipinski definition) is 4. The van der Waals surface area contributed by atoms with E-state index in [4.69, 9.17) is 11.5 Å². The van der Waals surface area contributed by atoms with E-state index in [0.717, 1.165) is 25.7 Å². The number of halogens is 1. The third kappa shape index (κ3) is 185. The number of amides is 2. The predicted molar refractivity (Wildman–Crippen MR) is 147 cm³/mol. The molecule has 198 valence electrons. The fourth-order valence-electron chi connectivity index (χ4n) is 0.282. The number of hydrogen-bond acceptors (Lipinski definition) is 5. The van der Waals surface area contributed by atoms with Crippen LogP contribution < -0.4 is 22.1 Å². The van der Waals surface area contributed by atoms with Crippen LogP contribution >= 0.6 is 12.4 Å². The maximum absolute atomic E-state index is 9.66. The Morgan fingerprint density at radius 2 is 1.07 bits per heavy atom. The highest BCUT2D eigenvalue weighted by molar-refractivity contribution is 5.85. The summed E-state index contributed by atoms with van der Waals surface area (Å²) in [5.41, 5.74) is 10.6. The van der Waals surface area contributed by atoms with Crippen molar-refractivity contribution in [1.29, 1.82) is 0 Å². The van der Waals surface area contributed by atoms with Crippen molar-refractivity contribution in [2.45, 2.75) is 123 Å². The van der Waals surface area contributed by atoms with Crippen LogP contribution in [0.25, 0.3) is 0 Å². The van der Waals surface area contributed by atoms with E-state index in [1.165, 1.54) is 6.20 Å². The zero-order valence-corrected chi connectivity index (χ0v) is 16.9. The normalized spacial score (nSPS) is 8.93. The third-order valence-corrected chi connectivity index (χ3v) is 2.44. The average Bonchev–Trinajstić information content (AvgIpc) is 2.50. The van der Waals surface area contributed by atoms with Gasteiger partial charge in [0, 0.05) is 18.1 Å². The number of nitrogens with one attached hydrogen (secondary N) is 2. The topological polar surface area (TPSA) is 140 Å². The summed E-state index contributed by atoms with van der Waals surface area (Å²) in [6.07, 6.45) is 5.77. The van der Waals surface area contributed by atoms with Gasteiger partial charge in [-0.2, -0.15) is 0 Å². The molecular weight excluding hydrogens is 404 g/mol. The minimum absolute atomic E-state index is 0. The largest absolute Gasteiger partial charge is 1.00 e. The molecule has 3 unspecified atom stereocenters. The predicted octanol–water partition coefficient (Wildman–Crippen LogP) is 6.07. The molecule has 30 heavy (non-hydrogen) atoms. The third-order valence-electron chi connectivity index (χ3n) is 2.44. The van der Waals surface area contributed by atoms with Gasteiger partial charge in [0.05, 0.1) is 0 Å². The maximum atomic E-state index is 9.66. The molecule has 0 fully saturated rings. The lowest BCUT2D eigenvalue weighted by atomic mass is 10.3. The van der Waals surface area contributed by atoms with Gasteiger partial charge in [-0.25, -0.2) is 0 Å². The summed E-state index contributed by atoms with van der Waals surface area (Å²) >= 11 is 0. The van der Waals surface area contributed by atoms with E-state index in [9.17, 15) is 9.59 Å². The Kier molecular flexibility index (Phi) is 210. The van der Waals surface area contributed by atoms with Crippen LogP contribution in [0.5, 0.6) is 0 Å². The fourth-order valence-corrected chi connectivity index (χ4v) is 0.282. The number of carbonyl (C=O) groups is 2. The summed E-state index contributed by atoms with van der Waals surface area (Å²) in [6.45, 7) is 15.4. The second-order valence-electron chi connectivity index (χ2n) is 4.85. The van der Waals surface area contributed by atoms with Gasteiger partial charge in [0.2, 0.25) is 12.8 Å². The minimum atomic E-state index is 0. The highest BCUT2D eigenvalue weighted by Gasteiger charge is 1.89. The molecule has 3 atom stereocenters. The van der Waals surface area contributed by atoms with Gasteiger partial charge in [0.1, 0.15) is 0 Å². The molecule has 0 aliphatic heterocycles. The zero-order valence-electron chi connectivity index (χ0n) is 17.1. The second-order valence-corrected chi connectivity index (χ2v) is 4.85. The lowest BCUT2D eigenvalue weighted by Gasteiger charge is -2.02. The van der Waals surface area contributed by atoms with Crippen molar-refractivity contribution < 1.29 is 16.5 Å². The molecular formula is C22H65ClN4O3. The first kappa shape index (κ1) is 78.8. The van der Waals surface area contributed by atoms with Crippen LogP contribution in [0.3, 0.4) is 0 Å². The van der Waals surface area contributed by atoms with Crippen LogP contribution in [0.4, 0.5) is 0 Å². The van der Waals surface area contributed by atoms with Crippen molar-refractivity contribution in [3.63, 3.8) is 0 Å². The number of rotatable bonds is 7. The summed E-state index contributed by atoms with van der Waals surface area (Å²) in [6, 6.07) is 1.10. The van der Waals surface area contributed by atoms with Crippen LogP contribution in [0.1, 0.15) is 107 Å². The molecule has 0 aromatic rings. The Hall–Kier alpha value is -1.15. The first-order valence-electron chi connectivity index (χ1n) is 7.78. The Labute approximate surface area is 200 Å². The Morgan fingerprint density at radius 3 is 1.10 bits per heavy atom. The lowest BCUT2D eigenvalue weighted by Crippen LogP contribution is -2.22. The van der Waals surface area contributed by atoms with Crippen molar-refractivity contribution in [3.05, 3.63) is 12.8 Å². The average molecular weight is 469 g/mol. The summed E-state index contributed by atoms with van der Waals surface area (Å²) in [4.78, 5) is 18.9. The molecule has 0 bridgehead atoms.